The minimum atomic E-state index is -0.580. The molecule has 1 heterocycles. The molecule has 0 saturated carbocycles. The van der Waals surface area contributed by atoms with Crippen molar-refractivity contribution in [1.29, 1.82) is 0 Å². The zero-order valence-corrected chi connectivity index (χ0v) is 13.1. The largest absolute Gasteiger partial charge is 0.344 e. The van der Waals surface area contributed by atoms with E-state index in [1.54, 1.807) is 6.20 Å². The highest BCUT2D eigenvalue weighted by Gasteiger charge is 2.32. The number of amides is 2. The van der Waals surface area contributed by atoms with Gasteiger partial charge in [0.15, 0.2) is 0 Å². The van der Waals surface area contributed by atoms with Crippen molar-refractivity contribution in [3.05, 3.63) is 23.5 Å². The van der Waals surface area contributed by atoms with Crippen molar-refractivity contribution < 1.29 is 9.59 Å². The highest BCUT2D eigenvalue weighted by Crippen LogP contribution is 2.24. The summed E-state index contributed by atoms with van der Waals surface area (Å²) in [7, 11) is 0. The number of hydrogen-bond acceptors (Lipinski definition) is 3. The third kappa shape index (κ3) is 3.80. The molecule has 0 aromatic carbocycles. The van der Waals surface area contributed by atoms with E-state index in [-0.39, 0.29) is 17.2 Å². The van der Waals surface area contributed by atoms with Crippen molar-refractivity contribution in [2.45, 2.75) is 53.0 Å². The van der Waals surface area contributed by atoms with E-state index in [2.05, 4.69) is 15.6 Å². The molecule has 1 aromatic rings. The average molecular weight is 289 g/mol. The van der Waals surface area contributed by atoms with E-state index in [1.807, 2.05) is 26.8 Å². The summed E-state index contributed by atoms with van der Waals surface area (Å²) in [5, 5.41) is 5.59. The van der Waals surface area contributed by atoms with Crippen LogP contribution in [0.2, 0.25) is 0 Å². The molecular weight excluding hydrogens is 266 g/mol. The minimum absolute atomic E-state index is 0.211. The molecule has 5 nitrogen and oxygen atoms in total. The van der Waals surface area contributed by atoms with E-state index in [0.29, 0.717) is 5.69 Å². The van der Waals surface area contributed by atoms with Crippen LogP contribution < -0.4 is 10.6 Å². The van der Waals surface area contributed by atoms with Crippen molar-refractivity contribution in [3.63, 3.8) is 0 Å². The van der Waals surface area contributed by atoms with Gasteiger partial charge in [0.2, 0.25) is 11.8 Å². The molecule has 0 bridgehead atoms. The van der Waals surface area contributed by atoms with Gasteiger partial charge >= 0.3 is 0 Å². The maximum absolute atomic E-state index is 12.4. The van der Waals surface area contributed by atoms with Crippen molar-refractivity contribution in [2.75, 3.05) is 5.32 Å². The van der Waals surface area contributed by atoms with Gasteiger partial charge in [-0.1, -0.05) is 20.8 Å². The Morgan fingerprint density at radius 3 is 2.62 bits per heavy atom. The summed E-state index contributed by atoms with van der Waals surface area (Å²) in [6, 6.07) is 1.41. The second-order valence-electron chi connectivity index (χ2n) is 6.67. The van der Waals surface area contributed by atoms with E-state index >= 15 is 0 Å². The Morgan fingerprint density at radius 2 is 2.00 bits per heavy atom. The number of nitrogens with zero attached hydrogens (tertiary/aromatic N) is 1. The zero-order chi connectivity index (χ0) is 15.6. The van der Waals surface area contributed by atoms with Gasteiger partial charge in [-0.15, -0.1) is 0 Å². The first-order valence-corrected chi connectivity index (χ1v) is 7.33. The van der Waals surface area contributed by atoms with Gasteiger partial charge in [0, 0.05) is 12.6 Å². The van der Waals surface area contributed by atoms with Gasteiger partial charge in [0.25, 0.3) is 0 Å². The summed E-state index contributed by atoms with van der Waals surface area (Å²) in [4.78, 5) is 28.1. The van der Waals surface area contributed by atoms with Crippen LogP contribution in [0, 0.1) is 5.41 Å². The molecule has 2 N–H and O–H groups in total. The van der Waals surface area contributed by atoms with Crippen molar-refractivity contribution >= 4 is 17.5 Å². The Morgan fingerprint density at radius 1 is 1.29 bits per heavy atom. The SMILES string of the molecule is CC(=O)N[C@@H](C(=O)Nc1cnc2c(c1)CCC2)C(C)(C)C. The van der Waals surface area contributed by atoms with Crippen LogP contribution in [0.1, 0.15) is 45.4 Å². The molecule has 1 aliphatic rings. The fourth-order valence-corrected chi connectivity index (χ4v) is 2.59. The normalized spacial score (nSPS) is 15.2. The lowest BCUT2D eigenvalue weighted by Gasteiger charge is -2.30. The highest BCUT2D eigenvalue weighted by atomic mass is 16.2. The molecule has 2 rings (SSSR count). The van der Waals surface area contributed by atoms with E-state index in [4.69, 9.17) is 0 Å². The Labute approximate surface area is 125 Å². The summed E-state index contributed by atoms with van der Waals surface area (Å²) in [6.07, 6.45) is 4.84. The van der Waals surface area contributed by atoms with Gasteiger partial charge in [0.1, 0.15) is 6.04 Å². The zero-order valence-electron chi connectivity index (χ0n) is 13.1. The van der Waals surface area contributed by atoms with Gasteiger partial charge in [-0.25, -0.2) is 0 Å². The van der Waals surface area contributed by atoms with Crippen LogP contribution >= 0.6 is 0 Å². The van der Waals surface area contributed by atoms with Gasteiger partial charge in [-0.2, -0.15) is 0 Å². The summed E-state index contributed by atoms with van der Waals surface area (Å²) in [5.74, 6) is -0.422. The number of anilines is 1. The molecule has 1 aliphatic carbocycles. The lowest BCUT2D eigenvalue weighted by molar-refractivity contribution is -0.127. The Kier molecular flexibility index (Phi) is 4.30. The second kappa shape index (κ2) is 5.84. The molecule has 0 saturated heterocycles. The molecule has 0 aliphatic heterocycles. The molecule has 0 fully saturated rings. The average Bonchev–Trinajstić information content (AvgIpc) is 2.81. The Hall–Kier alpha value is -1.91. The fourth-order valence-electron chi connectivity index (χ4n) is 2.59. The molecule has 1 atom stereocenters. The van der Waals surface area contributed by atoms with E-state index in [9.17, 15) is 9.59 Å². The lowest BCUT2D eigenvalue weighted by Crippen LogP contribution is -2.50. The molecule has 0 unspecified atom stereocenters. The summed E-state index contributed by atoms with van der Waals surface area (Å²) in [6.45, 7) is 7.19. The van der Waals surface area contributed by atoms with Crippen molar-refractivity contribution in [1.82, 2.24) is 10.3 Å². The number of aryl methyl sites for hydroxylation is 2. The molecule has 1 aromatic heterocycles. The summed E-state index contributed by atoms with van der Waals surface area (Å²) >= 11 is 0. The molecule has 5 heteroatoms. The van der Waals surface area contributed by atoms with Crippen molar-refractivity contribution in [3.8, 4) is 0 Å². The molecule has 0 spiro atoms. The predicted octanol–water partition coefficient (Wildman–Crippen LogP) is 2.06. The highest BCUT2D eigenvalue weighted by molar-refractivity contribution is 5.97. The molecule has 2 amide bonds. The fraction of sp³-hybridized carbons (Fsp3) is 0.562. The molecule has 114 valence electrons. The van der Waals surface area contributed by atoms with Crippen LogP contribution in [-0.4, -0.2) is 22.8 Å². The van der Waals surface area contributed by atoms with Crippen LogP contribution in [0.4, 0.5) is 5.69 Å². The Bertz CT molecular complexity index is 561. The second-order valence-corrected chi connectivity index (χ2v) is 6.67. The first-order chi connectivity index (χ1) is 9.77. The number of pyridine rings is 1. The van der Waals surface area contributed by atoms with Gasteiger partial charge in [-0.3, -0.25) is 14.6 Å². The van der Waals surface area contributed by atoms with E-state index < -0.39 is 6.04 Å². The monoisotopic (exact) mass is 289 g/mol. The topological polar surface area (TPSA) is 71.1 Å². The third-order valence-electron chi connectivity index (χ3n) is 3.66. The number of hydrogen-bond donors (Lipinski definition) is 2. The number of carbonyl (C=O) groups excluding carboxylic acids is 2. The molecular formula is C16H23N3O2. The number of carbonyl (C=O) groups is 2. The minimum Gasteiger partial charge on any atom is -0.344 e. The van der Waals surface area contributed by atoms with Crippen LogP contribution in [0.25, 0.3) is 0 Å². The third-order valence-corrected chi connectivity index (χ3v) is 3.66. The van der Waals surface area contributed by atoms with Gasteiger partial charge < -0.3 is 10.6 Å². The first-order valence-electron chi connectivity index (χ1n) is 7.33. The van der Waals surface area contributed by atoms with Gasteiger partial charge in [-0.05, 0) is 36.3 Å². The molecule has 0 radical (unpaired) electrons. The predicted molar refractivity (Wildman–Crippen MR) is 82.0 cm³/mol. The van der Waals surface area contributed by atoms with Crippen LogP contribution in [0.5, 0.6) is 0 Å². The summed E-state index contributed by atoms with van der Waals surface area (Å²) in [5.41, 5.74) is 2.67. The van der Waals surface area contributed by atoms with Crippen molar-refractivity contribution in [2.24, 2.45) is 5.41 Å². The van der Waals surface area contributed by atoms with Crippen LogP contribution in [-0.2, 0) is 22.4 Å². The van der Waals surface area contributed by atoms with Gasteiger partial charge in [0.05, 0.1) is 11.9 Å². The maximum atomic E-state index is 12.4. The number of rotatable bonds is 3. The van der Waals surface area contributed by atoms with Crippen LogP contribution in [0.15, 0.2) is 12.3 Å². The van der Waals surface area contributed by atoms with E-state index in [1.165, 1.54) is 12.5 Å². The quantitative estimate of drug-likeness (QED) is 0.894. The Balaban J connectivity index is 2.13. The number of aromatic nitrogens is 1. The molecule has 21 heavy (non-hydrogen) atoms. The smallest absolute Gasteiger partial charge is 0.247 e. The van der Waals surface area contributed by atoms with E-state index in [0.717, 1.165) is 25.0 Å². The number of nitrogens with one attached hydrogen (secondary N) is 2. The van der Waals surface area contributed by atoms with Crippen LogP contribution in [0.3, 0.4) is 0 Å². The number of fused-ring (bicyclic) bond motifs is 1. The summed E-state index contributed by atoms with van der Waals surface area (Å²) < 4.78 is 0. The first kappa shape index (κ1) is 15.5. The lowest BCUT2D eigenvalue weighted by atomic mass is 9.86. The maximum Gasteiger partial charge on any atom is 0.247 e. The standard InChI is InChI=1S/C16H23N3O2/c1-10(20)18-14(16(2,3)4)15(21)19-12-8-11-6-5-7-13(11)17-9-12/h8-9,14H,5-7H2,1-4H3,(H,18,20)(H,19,21)/t14-/m0/s1.